The highest BCUT2D eigenvalue weighted by molar-refractivity contribution is 5.97. The summed E-state index contributed by atoms with van der Waals surface area (Å²) >= 11 is 0. The fraction of sp³-hybridized carbons (Fsp3) is 0.500. The Morgan fingerprint density at radius 2 is 2.29 bits per heavy atom. The zero-order valence-electron chi connectivity index (χ0n) is 11.8. The Hall–Kier alpha value is -2.04. The maximum Gasteiger partial charge on any atom is 0.336 e. The molecular formula is C16H17NO4. The number of carbonyl (C=O) groups is 2. The maximum absolute atomic E-state index is 12.1. The van der Waals surface area contributed by atoms with E-state index < -0.39 is 6.29 Å². The Morgan fingerprint density at radius 1 is 1.43 bits per heavy atom. The van der Waals surface area contributed by atoms with Crippen LogP contribution in [-0.2, 0) is 19.1 Å². The minimum atomic E-state index is -0.711. The lowest BCUT2D eigenvalue weighted by Crippen LogP contribution is -2.27. The second kappa shape index (κ2) is 4.48. The molecule has 1 N–H and O–H groups in total. The standard InChI is InChI=1S/C16H17NO4/c1-8-5-13(21-16(8)19)20-7-12-11-6-9-3-2-4-10(9)14(11)17-15(12)18/h4-5,7,9,11,13-14H,2-3,6H2,1H3,(H,17,18)/b12-7+/t9-,11+,13?,14+/m0/s1. The Kier molecular flexibility index (Phi) is 2.71. The van der Waals surface area contributed by atoms with Crippen molar-refractivity contribution in [2.24, 2.45) is 11.8 Å². The van der Waals surface area contributed by atoms with Crippen molar-refractivity contribution < 1.29 is 19.1 Å². The largest absolute Gasteiger partial charge is 0.458 e. The third kappa shape index (κ3) is 1.91. The maximum atomic E-state index is 12.1. The molecule has 4 rings (SSSR count). The first-order valence-corrected chi connectivity index (χ1v) is 7.39. The number of allylic oxidation sites excluding steroid dienone is 1. The molecule has 0 spiro atoms. The van der Waals surface area contributed by atoms with E-state index in [4.69, 9.17) is 9.47 Å². The number of hydrogen-bond donors (Lipinski definition) is 1. The number of fused-ring (bicyclic) bond motifs is 3. The Morgan fingerprint density at radius 3 is 3.05 bits per heavy atom. The predicted molar refractivity (Wildman–Crippen MR) is 73.6 cm³/mol. The van der Waals surface area contributed by atoms with Crippen molar-refractivity contribution in [3.63, 3.8) is 0 Å². The zero-order valence-corrected chi connectivity index (χ0v) is 11.8. The molecule has 1 saturated carbocycles. The molecule has 5 nitrogen and oxygen atoms in total. The van der Waals surface area contributed by atoms with Crippen LogP contribution in [0.3, 0.4) is 0 Å². The topological polar surface area (TPSA) is 64.6 Å². The fourth-order valence-electron chi connectivity index (χ4n) is 3.83. The van der Waals surface area contributed by atoms with Crippen molar-refractivity contribution in [1.29, 1.82) is 0 Å². The van der Waals surface area contributed by atoms with E-state index in [1.54, 1.807) is 13.0 Å². The highest BCUT2D eigenvalue weighted by Gasteiger charge is 2.48. The van der Waals surface area contributed by atoms with Gasteiger partial charge in [0, 0.05) is 17.6 Å². The molecule has 0 aromatic heterocycles. The van der Waals surface area contributed by atoms with Gasteiger partial charge in [0.1, 0.15) is 0 Å². The third-order valence-electron chi connectivity index (χ3n) is 4.88. The van der Waals surface area contributed by atoms with E-state index in [-0.39, 0.29) is 23.8 Å². The van der Waals surface area contributed by atoms with Crippen molar-refractivity contribution in [2.75, 3.05) is 0 Å². The lowest BCUT2D eigenvalue weighted by molar-refractivity contribution is -0.152. The molecule has 1 saturated heterocycles. The van der Waals surface area contributed by atoms with Crippen LogP contribution in [0.2, 0.25) is 0 Å². The summed E-state index contributed by atoms with van der Waals surface area (Å²) in [6.45, 7) is 1.68. The third-order valence-corrected chi connectivity index (χ3v) is 4.88. The quantitative estimate of drug-likeness (QED) is 0.362. The number of esters is 1. The minimum absolute atomic E-state index is 0.0683. The number of carbonyl (C=O) groups excluding carboxylic acids is 2. The van der Waals surface area contributed by atoms with E-state index in [2.05, 4.69) is 11.4 Å². The molecule has 1 unspecified atom stereocenters. The molecule has 2 aliphatic heterocycles. The van der Waals surface area contributed by atoms with Crippen LogP contribution in [-0.4, -0.2) is 24.2 Å². The van der Waals surface area contributed by atoms with E-state index in [9.17, 15) is 9.59 Å². The second-order valence-corrected chi connectivity index (χ2v) is 6.10. The first-order chi connectivity index (χ1) is 10.1. The van der Waals surface area contributed by atoms with Gasteiger partial charge in [0.05, 0.1) is 17.9 Å². The Labute approximate surface area is 122 Å². The average molecular weight is 287 g/mol. The molecule has 0 radical (unpaired) electrons. The normalized spacial score (nSPS) is 38.8. The summed E-state index contributed by atoms with van der Waals surface area (Å²) in [6, 6.07) is 0.142. The van der Waals surface area contributed by atoms with Crippen LogP contribution in [0.15, 0.2) is 35.1 Å². The van der Waals surface area contributed by atoms with E-state index in [1.165, 1.54) is 18.3 Å². The van der Waals surface area contributed by atoms with Gasteiger partial charge in [0.25, 0.3) is 12.2 Å². The molecule has 1 amide bonds. The van der Waals surface area contributed by atoms with Gasteiger partial charge in [-0.05, 0) is 37.7 Å². The van der Waals surface area contributed by atoms with Crippen LogP contribution >= 0.6 is 0 Å². The summed E-state index contributed by atoms with van der Waals surface area (Å²) in [6.07, 6.45) is 7.97. The minimum Gasteiger partial charge on any atom is -0.458 e. The summed E-state index contributed by atoms with van der Waals surface area (Å²) < 4.78 is 10.5. The van der Waals surface area contributed by atoms with E-state index in [0.717, 1.165) is 12.8 Å². The summed E-state index contributed by atoms with van der Waals surface area (Å²) in [4.78, 5) is 23.4. The van der Waals surface area contributed by atoms with Crippen molar-refractivity contribution in [3.05, 3.63) is 35.1 Å². The molecule has 110 valence electrons. The molecule has 21 heavy (non-hydrogen) atoms. The number of hydrogen-bond acceptors (Lipinski definition) is 4. The molecule has 5 heteroatoms. The van der Waals surface area contributed by atoms with Gasteiger partial charge >= 0.3 is 5.97 Å². The van der Waals surface area contributed by atoms with Crippen LogP contribution in [0.25, 0.3) is 0 Å². The molecule has 0 aromatic rings. The molecule has 0 aromatic carbocycles. The highest BCUT2D eigenvalue weighted by atomic mass is 16.7. The molecule has 0 bridgehead atoms. The van der Waals surface area contributed by atoms with Gasteiger partial charge in [-0.1, -0.05) is 6.08 Å². The summed E-state index contributed by atoms with van der Waals surface area (Å²) in [7, 11) is 0. The van der Waals surface area contributed by atoms with Gasteiger partial charge in [-0.15, -0.1) is 0 Å². The van der Waals surface area contributed by atoms with Crippen LogP contribution in [0.4, 0.5) is 0 Å². The predicted octanol–water partition coefficient (Wildman–Crippen LogP) is 1.57. The van der Waals surface area contributed by atoms with Crippen molar-refractivity contribution in [1.82, 2.24) is 5.32 Å². The van der Waals surface area contributed by atoms with Crippen molar-refractivity contribution in [3.8, 4) is 0 Å². The lowest BCUT2D eigenvalue weighted by Gasteiger charge is -2.11. The van der Waals surface area contributed by atoms with Gasteiger partial charge < -0.3 is 14.8 Å². The van der Waals surface area contributed by atoms with E-state index in [1.807, 2.05) is 0 Å². The Balaban J connectivity index is 1.51. The number of amides is 1. The first-order valence-electron chi connectivity index (χ1n) is 7.39. The molecule has 4 atom stereocenters. The zero-order chi connectivity index (χ0) is 14.6. The summed E-state index contributed by atoms with van der Waals surface area (Å²) in [5.41, 5.74) is 2.59. The number of cyclic esters (lactones) is 1. The van der Waals surface area contributed by atoms with Gasteiger partial charge in [0.2, 0.25) is 0 Å². The van der Waals surface area contributed by atoms with Crippen LogP contribution in [0.5, 0.6) is 0 Å². The van der Waals surface area contributed by atoms with Crippen molar-refractivity contribution >= 4 is 11.9 Å². The lowest BCUT2D eigenvalue weighted by atomic mass is 9.96. The second-order valence-electron chi connectivity index (χ2n) is 6.10. The average Bonchev–Trinajstić information content (AvgIpc) is 3.13. The van der Waals surface area contributed by atoms with Crippen LogP contribution in [0, 0.1) is 11.8 Å². The van der Waals surface area contributed by atoms with E-state index >= 15 is 0 Å². The van der Waals surface area contributed by atoms with Crippen molar-refractivity contribution in [2.45, 2.75) is 38.5 Å². The number of ether oxygens (including phenoxy) is 2. The highest BCUT2D eigenvalue weighted by Crippen LogP contribution is 2.48. The summed E-state index contributed by atoms with van der Waals surface area (Å²) in [5.74, 6) is 0.362. The molecule has 2 fully saturated rings. The fourth-order valence-corrected chi connectivity index (χ4v) is 3.83. The number of rotatable bonds is 2. The van der Waals surface area contributed by atoms with Crippen LogP contribution < -0.4 is 5.32 Å². The molecule has 2 heterocycles. The van der Waals surface area contributed by atoms with Gasteiger partial charge in [-0.2, -0.15) is 0 Å². The number of nitrogens with one attached hydrogen (secondary N) is 1. The van der Waals surface area contributed by atoms with Gasteiger partial charge in [-0.3, -0.25) is 4.79 Å². The first kappa shape index (κ1) is 12.7. The van der Waals surface area contributed by atoms with E-state index in [0.29, 0.717) is 17.1 Å². The SMILES string of the molecule is CC1=CC(O/C=C2/C(=O)N[C@@H]3C4=CCC[C@H]4C[C@H]23)OC1=O. The Bertz CT molecular complexity index is 616. The molecule has 4 aliphatic rings. The van der Waals surface area contributed by atoms with Gasteiger partial charge in [0.15, 0.2) is 0 Å². The summed E-state index contributed by atoms with van der Waals surface area (Å²) in [5, 5.41) is 3.05. The molecular weight excluding hydrogens is 270 g/mol. The molecule has 2 aliphatic carbocycles. The monoisotopic (exact) mass is 287 g/mol. The smallest absolute Gasteiger partial charge is 0.336 e. The van der Waals surface area contributed by atoms with Gasteiger partial charge in [-0.25, -0.2) is 4.79 Å². The van der Waals surface area contributed by atoms with Crippen LogP contribution in [0.1, 0.15) is 26.2 Å².